The molecule has 0 unspecified atom stereocenters. The molecule has 0 aromatic heterocycles. The molecule has 156 valence electrons. The number of ether oxygens (including phenoxy) is 2. The lowest BCUT2D eigenvalue weighted by molar-refractivity contribution is -0.151. The van der Waals surface area contributed by atoms with Gasteiger partial charge in [0.25, 0.3) is 5.91 Å². The summed E-state index contributed by atoms with van der Waals surface area (Å²) in [5, 5.41) is 0. The summed E-state index contributed by atoms with van der Waals surface area (Å²) in [6, 6.07) is 4.96. The number of fused-ring (bicyclic) bond motifs is 1. The van der Waals surface area contributed by atoms with Crippen LogP contribution in [0.25, 0.3) is 0 Å². The largest absolute Gasteiger partial charge is 0.482 e. The van der Waals surface area contributed by atoms with Crippen LogP contribution in [-0.4, -0.2) is 61.3 Å². The fourth-order valence-corrected chi connectivity index (χ4v) is 3.66. The number of hydrogen-bond acceptors (Lipinski definition) is 6. The molecule has 8 heteroatoms. The Morgan fingerprint density at radius 3 is 2.59 bits per heavy atom. The number of piperidine rings is 1. The lowest BCUT2D eigenvalue weighted by Crippen LogP contribution is -2.44. The smallest absolute Gasteiger partial charge is 0.309 e. The molecule has 0 radical (unpaired) electrons. The van der Waals surface area contributed by atoms with Crippen molar-refractivity contribution in [2.24, 2.45) is 5.92 Å². The molecule has 0 atom stereocenters. The average molecular weight is 402 g/mol. The molecule has 0 saturated carbocycles. The Kier molecular flexibility index (Phi) is 6.51. The highest BCUT2D eigenvalue weighted by Crippen LogP contribution is 2.33. The summed E-state index contributed by atoms with van der Waals surface area (Å²) in [6.07, 6.45) is 1.34. The maximum Gasteiger partial charge on any atom is 0.309 e. The normalized spacial score (nSPS) is 16.8. The van der Waals surface area contributed by atoms with Gasteiger partial charge >= 0.3 is 5.97 Å². The summed E-state index contributed by atoms with van der Waals surface area (Å²) in [5.74, 6) is -0.236. The number of benzene rings is 1. The molecule has 8 nitrogen and oxygen atoms in total. The maximum absolute atomic E-state index is 12.6. The zero-order valence-electron chi connectivity index (χ0n) is 16.8. The number of anilines is 1. The molecule has 0 N–H and O–H groups in total. The fourth-order valence-electron chi connectivity index (χ4n) is 3.66. The molecule has 2 aliphatic heterocycles. The van der Waals surface area contributed by atoms with E-state index in [1.807, 2.05) is 0 Å². The number of rotatable bonds is 6. The molecule has 29 heavy (non-hydrogen) atoms. The monoisotopic (exact) mass is 402 g/mol. The van der Waals surface area contributed by atoms with E-state index in [2.05, 4.69) is 0 Å². The van der Waals surface area contributed by atoms with Crippen LogP contribution >= 0.6 is 0 Å². The second-order valence-corrected chi connectivity index (χ2v) is 7.23. The predicted molar refractivity (Wildman–Crippen MR) is 105 cm³/mol. The highest BCUT2D eigenvalue weighted by molar-refractivity contribution is 6.01. The van der Waals surface area contributed by atoms with Crippen LogP contribution in [0.1, 0.15) is 43.5 Å². The number of ketones is 1. The number of carbonyl (C=O) groups is 4. The molecule has 1 aromatic rings. The number of hydrogen-bond donors (Lipinski definition) is 0. The highest BCUT2D eigenvalue weighted by Gasteiger charge is 2.30. The summed E-state index contributed by atoms with van der Waals surface area (Å²) in [6.45, 7) is 4.73. The van der Waals surface area contributed by atoms with Crippen molar-refractivity contribution in [2.45, 2.75) is 33.1 Å². The Morgan fingerprint density at radius 1 is 1.21 bits per heavy atom. The van der Waals surface area contributed by atoms with Crippen molar-refractivity contribution in [1.82, 2.24) is 4.90 Å². The lowest BCUT2D eigenvalue weighted by atomic mass is 9.97. The summed E-state index contributed by atoms with van der Waals surface area (Å²) in [7, 11) is 0. The van der Waals surface area contributed by atoms with Gasteiger partial charge in [-0.2, -0.15) is 0 Å². The van der Waals surface area contributed by atoms with Crippen molar-refractivity contribution in [3.8, 4) is 5.75 Å². The van der Waals surface area contributed by atoms with Crippen molar-refractivity contribution < 1.29 is 28.7 Å². The van der Waals surface area contributed by atoms with Crippen molar-refractivity contribution in [1.29, 1.82) is 0 Å². The SMILES string of the molecule is CCOC(=O)C1CCN(C(=O)CCN2C(=O)COc3ccc(C(C)=O)cc32)CC1. The van der Waals surface area contributed by atoms with Crippen LogP contribution in [0.15, 0.2) is 18.2 Å². The number of amides is 2. The van der Waals surface area contributed by atoms with Crippen LogP contribution in [0.3, 0.4) is 0 Å². The molecule has 0 spiro atoms. The molecular weight excluding hydrogens is 376 g/mol. The second kappa shape index (κ2) is 9.07. The molecule has 0 bridgehead atoms. The van der Waals surface area contributed by atoms with Gasteiger partial charge in [0.05, 0.1) is 18.2 Å². The van der Waals surface area contributed by atoms with E-state index in [1.54, 1.807) is 30.0 Å². The molecule has 3 rings (SSSR count). The van der Waals surface area contributed by atoms with Crippen LogP contribution < -0.4 is 9.64 Å². The predicted octanol–water partition coefficient (Wildman–Crippen LogP) is 1.81. The molecular formula is C21H26N2O6. The number of Topliss-reactive ketones (excluding diaryl/α,β-unsaturated/α-hetero) is 1. The Morgan fingerprint density at radius 2 is 1.93 bits per heavy atom. The number of carbonyl (C=O) groups excluding carboxylic acids is 4. The molecule has 0 aliphatic carbocycles. The van der Waals surface area contributed by atoms with Gasteiger partial charge in [-0.15, -0.1) is 0 Å². The van der Waals surface area contributed by atoms with Gasteiger partial charge in [-0.3, -0.25) is 19.2 Å². The topological polar surface area (TPSA) is 93.2 Å². The van der Waals surface area contributed by atoms with Crippen LogP contribution in [0.4, 0.5) is 5.69 Å². The van der Waals surface area contributed by atoms with E-state index >= 15 is 0 Å². The number of likely N-dealkylation sites (tertiary alicyclic amines) is 1. The minimum absolute atomic E-state index is 0.0594. The van der Waals surface area contributed by atoms with E-state index in [0.717, 1.165) is 0 Å². The molecule has 1 saturated heterocycles. The standard InChI is InChI=1S/C21H26N2O6/c1-3-28-21(27)15-6-9-22(10-7-15)19(25)8-11-23-17-12-16(14(2)24)4-5-18(17)29-13-20(23)26/h4-5,12,15H,3,6-11,13H2,1-2H3. The minimum atomic E-state index is -0.243. The van der Waals surface area contributed by atoms with Gasteiger partial charge in [-0.1, -0.05) is 0 Å². The van der Waals surface area contributed by atoms with Gasteiger partial charge < -0.3 is 19.3 Å². The number of nitrogens with zero attached hydrogens (tertiary/aromatic N) is 2. The second-order valence-electron chi connectivity index (χ2n) is 7.23. The molecule has 2 heterocycles. The van der Waals surface area contributed by atoms with Crippen LogP contribution in [0.2, 0.25) is 0 Å². The van der Waals surface area contributed by atoms with E-state index in [4.69, 9.17) is 9.47 Å². The van der Waals surface area contributed by atoms with Gasteiger partial charge in [0.15, 0.2) is 12.4 Å². The van der Waals surface area contributed by atoms with Crippen LogP contribution in [0.5, 0.6) is 5.75 Å². The van der Waals surface area contributed by atoms with E-state index in [1.165, 1.54) is 11.8 Å². The Hall–Kier alpha value is -2.90. The number of esters is 1. The Bertz CT molecular complexity index is 813. The third kappa shape index (κ3) is 4.75. The average Bonchev–Trinajstić information content (AvgIpc) is 2.72. The van der Waals surface area contributed by atoms with Gasteiger partial charge in [0.1, 0.15) is 5.75 Å². The summed E-state index contributed by atoms with van der Waals surface area (Å²) >= 11 is 0. The fraction of sp³-hybridized carbons (Fsp3) is 0.524. The molecule has 2 aliphatic rings. The van der Waals surface area contributed by atoms with Gasteiger partial charge in [-0.25, -0.2) is 0 Å². The van der Waals surface area contributed by atoms with E-state index in [-0.39, 0.29) is 49.1 Å². The zero-order chi connectivity index (χ0) is 21.0. The summed E-state index contributed by atoms with van der Waals surface area (Å²) in [5.41, 5.74) is 1.00. The first-order valence-corrected chi connectivity index (χ1v) is 9.93. The summed E-state index contributed by atoms with van der Waals surface area (Å²) < 4.78 is 10.5. The molecule has 1 aromatic carbocycles. The van der Waals surface area contributed by atoms with Gasteiger partial charge in [0.2, 0.25) is 5.91 Å². The van der Waals surface area contributed by atoms with Gasteiger partial charge in [0, 0.05) is 31.6 Å². The van der Waals surface area contributed by atoms with E-state index in [0.29, 0.717) is 49.5 Å². The van der Waals surface area contributed by atoms with E-state index in [9.17, 15) is 19.2 Å². The van der Waals surface area contributed by atoms with E-state index < -0.39 is 0 Å². The molecule has 1 fully saturated rings. The first kappa shape index (κ1) is 20.8. The van der Waals surface area contributed by atoms with Crippen LogP contribution in [-0.2, 0) is 19.1 Å². The highest BCUT2D eigenvalue weighted by atomic mass is 16.5. The van der Waals surface area contributed by atoms with Gasteiger partial charge in [-0.05, 0) is 44.9 Å². The third-order valence-corrected chi connectivity index (χ3v) is 5.33. The first-order chi connectivity index (χ1) is 13.9. The minimum Gasteiger partial charge on any atom is -0.482 e. The first-order valence-electron chi connectivity index (χ1n) is 9.93. The van der Waals surface area contributed by atoms with Crippen molar-refractivity contribution >= 4 is 29.3 Å². The lowest BCUT2D eigenvalue weighted by Gasteiger charge is -2.33. The third-order valence-electron chi connectivity index (χ3n) is 5.33. The van der Waals surface area contributed by atoms with Crippen LogP contribution in [0, 0.1) is 5.92 Å². The van der Waals surface area contributed by atoms with Crippen molar-refractivity contribution in [2.75, 3.05) is 37.7 Å². The Balaban J connectivity index is 1.60. The molecule has 2 amide bonds. The zero-order valence-corrected chi connectivity index (χ0v) is 16.8. The van der Waals surface area contributed by atoms with Crippen molar-refractivity contribution in [3.63, 3.8) is 0 Å². The van der Waals surface area contributed by atoms with Crippen molar-refractivity contribution in [3.05, 3.63) is 23.8 Å². The summed E-state index contributed by atoms with van der Waals surface area (Å²) in [4.78, 5) is 51.7. The maximum atomic E-state index is 12.6. The quantitative estimate of drug-likeness (QED) is 0.532. The Labute approximate surface area is 169 Å².